The standard InChI is InChI=1S/C11H12N2O4/c14-9(12-7-3-4-7)6-13-5-1-2-8(10(13)15)11(16)17/h1-2,5,7H,3-4,6H2,(H,12,14)(H,16,17). The van der Waals surface area contributed by atoms with E-state index in [2.05, 4.69) is 5.32 Å². The van der Waals surface area contributed by atoms with E-state index in [1.165, 1.54) is 18.3 Å². The summed E-state index contributed by atoms with van der Waals surface area (Å²) in [6.07, 6.45) is 3.34. The van der Waals surface area contributed by atoms with Gasteiger partial charge in [0.15, 0.2) is 0 Å². The van der Waals surface area contributed by atoms with Gasteiger partial charge in [-0.2, -0.15) is 0 Å². The fraction of sp³-hybridized carbons (Fsp3) is 0.364. The molecule has 1 heterocycles. The number of nitrogens with zero attached hydrogens (tertiary/aromatic N) is 1. The van der Waals surface area contributed by atoms with E-state index < -0.39 is 11.5 Å². The summed E-state index contributed by atoms with van der Waals surface area (Å²) in [6, 6.07) is 2.88. The SMILES string of the molecule is O=C(Cn1cccc(C(=O)O)c1=O)NC1CC1. The van der Waals surface area contributed by atoms with E-state index in [0.29, 0.717) is 0 Å². The molecule has 0 aromatic carbocycles. The van der Waals surface area contributed by atoms with Crippen molar-refractivity contribution in [3.63, 3.8) is 0 Å². The van der Waals surface area contributed by atoms with Gasteiger partial charge in [0.05, 0.1) is 0 Å². The lowest BCUT2D eigenvalue weighted by Gasteiger charge is -2.06. The second-order valence-electron chi connectivity index (χ2n) is 4.00. The van der Waals surface area contributed by atoms with Gasteiger partial charge in [0.25, 0.3) is 5.56 Å². The van der Waals surface area contributed by atoms with Gasteiger partial charge in [0, 0.05) is 12.2 Å². The summed E-state index contributed by atoms with van der Waals surface area (Å²) in [5, 5.41) is 11.5. The highest BCUT2D eigenvalue weighted by atomic mass is 16.4. The molecule has 90 valence electrons. The second kappa shape index (κ2) is 4.40. The fourth-order valence-electron chi connectivity index (χ4n) is 1.48. The van der Waals surface area contributed by atoms with E-state index in [4.69, 9.17) is 5.11 Å². The third-order valence-electron chi connectivity index (χ3n) is 2.51. The Bertz CT molecular complexity index is 516. The first-order chi connectivity index (χ1) is 8.08. The van der Waals surface area contributed by atoms with Crippen LogP contribution in [0.25, 0.3) is 0 Å². The Kier molecular flexibility index (Phi) is 2.95. The third-order valence-corrected chi connectivity index (χ3v) is 2.51. The van der Waals surface area contributed by atoms with Crippen LogP contribution in [0.5, 0.6) is 0 Å². The molecule has 0 saturated heterocycles. The summed E-state index contributed by atoms with van der Waals surface area (Å²) in [7, 11) is 0. The van der Waals surface area contributed by atoms with Crippen molar-refractivity contribution in [1.82, 2.24) is 9.88 Å². The molecule has 2 rings (SSSR count). The summed E-state index contributed by atoms with van der Waals surface area (Å²) in [4.78, 5) is 33.9. The molecule has 1 saturated carbocycles. The molecule has 1 aromatic heterocycles. The highest BCUT2D eigenvalue weighted by Crippen LogP contribution is 2.18. The predicted octanol–water partition coefficient (Wildman–Crippen LogP) is -0.175. The quantitative estimate of drug-likeness (QED) is 0.759. The number of aromatic nitrogens is 1. The van der Waals surface area contributed by atoms with Crippen LogP contribution in [0.3, 0.4) is 0 Å². The molecular weight excluding hydrogens is 224 g/mol. The lowest BCUT2D eigenvalue weighted by atomic mass is 10.3. The number of carboxylic acids is 1. The summed E-state index contributed by atoms with van der Waals surface area (Å²) >= 11 is 0. The zero-order valence-electron chi connectivity index (χ0n) is 9.05. The maximum absolute atomic E-state index is 11.6. The first kappa shape index (κ1) is 11.4. The number of rotatable bonds is 4. The van der Waals surface area contributed by atoms with Crippen LogP contribution < -0.4 is 10.9 Å². The van der Waals surface area contributed by atoms with Crippen molar-refractivity contribution < 1.29 is 14.7 Å². The predicted molar refractivity (Wildman–Crippen MR) is 58.8 cm³/mol. The van der Waals surface area contributed by atoms with Crippen LogP contribution in [0.1, 0.15) is 23.2 Å². The van der Waals surface area contributed by atoms with Gasteiger partial charge in [-0.3, -0.25) is 9.59 Å². The summed E-state index contributed by atoms with van der Waals surface area (Å²) in [5.74, 6) is -1.55. The van der Waals surface area contributed by atoms with Crippen LogP contribution in [0.2, 0.25) is 0 Å². The van der Waals surface area contributed by atoms with E-state index in [0.717, 1.165) is 17.4 Å². The number of carboxylic acid groups (broad SMARTS) is 1. The van der Waals surface area contributed by atoms with E-state index in [-0.39, 0.29) is 24.1 Å². The van der Waals surface area contributed by atoms with Crippen LogP contribution in [0.15, 0.2) is 23.1 Å². The van der Waals surface area contributed by atoms with Gasteiger partial charge in [-0.1, -0.05) is 0 Å². The van der Waals surface area contributed by atoms with Gasteiger partial charge in [-0.15, -0.1) is 0 Å². The molecule has 1 aromatic rings. The van der Waals surface area contributed by atoms with Crippen LogP contribution in [-0.2, 0) is 11.3 Å². The van der Waals surface area contributed by atoms with E-state index in [1.54, 1.807) is 0 Å². The second-order valence-corrected chi connectivity index (χ2v) is 4.00. The first-order valence-corrected chi connectivity index (χ1v) is 5.30. The molecule has 17 heavy (non-hydrogen) atoms. The summed E-state index contributed by atoms with van der Waals surface area (Å²) < 4.78 is 1.10. The molecule has 2 N–H and O–H groups in total. The minimum absolute atomic E-state index is 0.142. The van der Waals surface area contributed by atoms with Crippen molar-refractivity contribution in [3.8, 4) is 0 Å². The van der Waals surface area contributed by atoms with Gasteiger partial charge < -0.3 is 15.0 Å². The van der Waals surface area contributed by atoms with Crippen molar-refractivity contribution in [2.24, 2.45) is 0 Å². The molecule has 6 nitrogen and oxygen atoms in total. The number of pyridine rings is 1. The average Bonchev–Trinajstić information content (AvgIpc) is 3.04. The molecule has 6 heteroatoms. The topological polar surface area (TPSA) is 88.4 Å². The molecular formula is C11H12N2O4. The van der Waals surface area contributed by atoms with Crippen molar-refractivity contribution >= 4 is 11.9 Å². The molecule has 0 bridgehead atoms. The number of amides is 1. The maximum atomic E-state index is 11.6. The zero-order chi connectivity index (χ0) is 12.4. The van der Waals surface area contributed by atoms with Gasteiger partial charge in [-0.25, -0.2) is 4.79 Å². The molecule has 1 aliphatic rings. The highest BCUT2D eigenvalue weighted by molar-refractivity contribution is 5.87. The lowest BCUT2D eigenvalue weighted by Crippen LogP contribution is -2.34. The number of hydrogen-bond acceptors (Lipinski definition) is 3. The van der Waals surface area contributed by atoms with Gasteiger partial charge in [0.1, 0.15) is 12.1 Å². The number of carbonyl (C=O) groups excluding carboxylic acids is 1. The minimum atomic E-state index is -1.29. The molecule has 0 radical (unpaired) electrons. The zero-order valence-corrected chi connectivity index (χ0v) is 9.05. The Hall–Kier alpha value is -2.11. The number of nitrogens with one attached hydrogen (secondary N) is 1. The van der Waals surface area contributed by atoms with Crippen LogP contribution >= 0.6 is 0 Å². The lowest BCUT2D eigenvalue weighted by molar-refractivity contribution is -0.121. The Morgan fingerprint density at radius 1 is 1.47 bits per heavy atom. The average molecular weight is 236 g/mol. The smallest absolute Gasteiger partial charge is 0.341 e. The first-order valence-electron chi connectivity index (χ1n) is 5.30. The molecule has 0 unspecified atom stereocenters. The number of carbonyl (C=O) groups is 2. The van der Waals surface area contributed by atoms with Crippen molar-refractivity contribution in [1.29, 1.82) is 0 Å². The Labute approximate surface area is 96.9 Å². The number of hydrogen-bond donors (Lipinski definition) is 2. The normalized spacial score (nSPS) is 14.4. The van der Waals surface area contributed by atoms with Crippen molar-refractivity contribution in [2.75, 3.05) is 0 Å². The van der Waals surface area contributed by atoms with E-state index in [9.17, 15) is 14.4 Å². The summed E-state index contributed by atoms with van der Waals surface area (Å²) in [6.45, 7) is -0.142. The van der Waals surface area contributed by atoms with Gasteiger partial charge in [-0.05, 0) is 25.0 Å². The monoisotopic (exact) mass is 236 g/mol. The maximum Gasteiger partial charge on any atom is 0.341 e. The Balaban J connectivity index is 2.14. The summed E-state index contributed by atoms with van der Waals surface area (Å²) in [5.41, 5.74) is -0.988. The molecule has 1 aliphatic carbocycles. The Morgan fingerprint density at radius 2 is 2.18 bits per heavy atom. The van der Waals surface area contributed by atoms with Gasteiger partial charge >= 0.3 is 5.97 Å². The van der Waals surface area contributed by atoms with Crippen LogP contribution in [0.4, 0.5) is 0 Å². The molecule has 0 atom stereocenters. The number of aromatic carboxylic acids is 1. The van der Waals surface area contributed by atoms with Gasteiger partial charge in [0.2, 0.25) is 5.91 Å². The molecule has 0 spiro atoms. The largest absolute Gasteiger partial charge is 0.477 e. The van der Waals surface area contributed by atoms with Crippen molar-refractivity contribution in [2.45, 2.75) is 25.4 Å². The fourth-order valence-corrected chi connectivity index (χ4v) is 1.48. The van der Waals surface area contributed by atoms with E-state index in [1.807, 2.05) is 0 Å². The Morgan fingerprint density at radius 3 is 2.76 bits per heavy atom. The third kappa shape index (κ3) is 2.72. The molecule has 0 aliphatic heterocycles. The van der Waals surface area contributed by atoms with Crippen LogP contribution in [0, 0.1) is 0 Å². The van der Waals surface area contributed by atoms with Crippen LogP contribution in [-0.4, -0.2) is 27.6 Å². The minimum Gasteiger partial charge on any atom is -0.477 e. The molecule has 1 amide bonds. The van der Waals surface area contributed by atoms with Crippen molar-refractivity contribution in [3.05, 3.63) is 34.2 Å². The van der Waals surface area contributed by atoms with E-state index >= 15 is 0 Å². The molecule has 1 fully saturated rings. The highest BCUT2D eigenvalue weighted by Gasteiger charge is 2.23.